The highest BCUT2D eigenvalue weighted by Crippen LogP contribution is 2.39. The molecule has 5 heteroatoms. The number of carbonyl (C=O) groups excluding carboxylic acids is 1. The first kappa shape index (κ1) is 16.1. The Morgan fingerprint density at radius 2 is 1.96 bits per heavy atom. The van der Waals surface area contributed by atoms with Gasteiger partial charge in [-0.1, -0.05) is 35.3 Å². The van der Waals surface area contributed by atoms with Gasteiger partial charge in [-0.25, -0.2) is 0 Å². The summed E-state index contributed by atoms with van der Waals surface area (Å²) in [5.41, 5.74) is 3.00. The number of fused-ring (bicyclic) bond motifs is 3. The van der Waals surface area contributed by atoms with Crippen LogP contribution in [0.2, 0.25) is 10.0 Å². The van der Waals surface area contributed by atoms with E-state index >= 15 is 0 Å². The van der Waals surface area contributed by atoms with E-state index in [4.69, 9.17) is 27.9 Å². The van der Waals surface area contributed by atoms with Crippen LogP contribution in [0.25, 0.3) is 0 Å². The van der Waals surface area contributed by atoms with E-state index in [0.29, 0.717) is 23.6 Å². The predicted octanol–water partition coefficient (Wildman–Crippen LogP) is 4.52. The van der Waals surface area contributed by atoms with Crippen LogP contribution in [0.3, 0.4) is 0 Å². The van der Waals surface area contributed by atoms with Crippen LogP contribution < -0.4 is 0 Å². The Bertz CT molecular complexity index is 775. The van der Waals surface area contributed by atoms with Crippen molar-refractivity contribution < 1.29 is 9.53 Å². The standard InChI is InChI=1S/C19H17Cl2NO2/c20-13-6-4-12(5-7-13)18(23)10-14-11-24-19-16-2-1-3-17(21)15(16)8-9-22(14)19/h1-7,14,19H,8-11H2. The molecule has 24 heavy (non-hydrogen) atoms. The van der Waals surface area contributed by atoms with Gasteiger partial charge in [0.05, 0.1) is 6.61 Å². The molecule has 0 bridgehead atoms. The highest BCUT2D eigenvalue weighted by Gasteiger charge is 2.40. The molecule has 0 radical (unpaired) electrons. The Hall–Kier alpha value is -1.39. The van der Waals surface area contributed by atoms with Crippen molar-refractivity contribution in [2.24, 2.45) is 0 Å². The van der Waals surface area contributed by atoms with Gasteiger partial charge in [0.25, 0.3) is 0 Å². The van der Waals surface area contributed by atoms with Crippen molar-refractivity contribution in [2.45, 2.75) is 25.1 Å². The third-order valence-electron chi connectivity index (χ3n) is 4.85. The monoisotopic (exact) mass is 361 g/mol. The van der Waals surface area contributed by atoms with Gasteiger partial charge in [-0.3, -0.25) is 9.69 Å². The molecule has 2 aromatic rings. The molecule has 1 fully saturated rings. The minimum absolute atomic E-state index is 0.0875. The zero-order chi connectivity index (χ0) is 16.7. The molecule has 0 saturated carbocycles. The summed E-state index contributed by atoms with van der Waals surface area (Å²) in [4.78, 5) is 14.8. The van der Waals surface area contributed by atoms with Gasteiger partial charge in [0.15, 0.2) is 5.78 Å². The Morgan fingerprint density at radius 1 is 1.17 bits per heavy atom. The largest absolute Gasteiger partial charge is 0.357 e. The number of rotatable bonds is 3. The number of benzene rings is 2. The molecule has 2 aliphatic rings. The van der Waals surface area contributed by atoms with E-state index < -0.39 is 0 Å². The van der Waals surface area contributed by atoms with Crippen molar-refractivity contribution in [3.05, 3.63) is 69.2 Å². The first-order valence-electron chi connectivity index (χ1n) is 8.07. The zero-order valence-corrected chi connectivity index (χ0v) is 14.6. The molecule has 0 aliphatic carbocycles. The average molecular weight is 362 g/mol. The lowest BCUT2D eigenvalue weighted by atomic mass is 9.96. The fourth-order valence-electron chi connectivity index (χ4n) is 3.61. The molecule has 0 aromatic heterocycles. The summed E-state index contributed by atoms with van der Waals surface area (Å²) < 4.78 is 6.00. The van der Waals surface area contributed by atoms with Crippen molar-refractivity contribution in [2.75, 3.05) is 13.2 Å². The van der Waals surface area contributed by atoms with Crippen LogP contribution in [-0.2, 0) is 11.2 Å². The van der Waals surface area contributed by atoms with Crippen molar-refractivity contribution in [3.8, 4) is 0 Å². The van der Waals surface area contributed by atoms with Gasteiger partial charge in [0.2, 0.25) is 0 Å². The third-order valence-corrected chi connectivity index (χ3v) is 5.45. The second-order valence-electron chi connectivity index (χ2n) is 6.27. The molecule has 2 aliphatic heterocycles. The molecule has 2 heterocycles. The predicted molar refractivity (Wildman–Crippen MR) is 94.7 cm³/mol. The van der Waals surface area contributed by atoms with E-state index in [9.17, 15) is 4.79 Å². The van der Waals surface area contributed by atoms with Gasteiger partial charge in [0.1, 0.15) is 6.23 Å². The van der Waals surface area contributed by atoms with Gasteiger partial charge in [-0.05, 0) is 42.3 Å². The molecule has 1 saturated heterocycles. The molecular formula is C19H17Cl2NO2. The van der Waals surface area contributed by atoms with Crippen LogP contribution in [0.4, 0.5) is 0 Å². The third kappa shape index (κ3) is 2.86. The number of halogens is 2. The molecular weight excluding hydrogens is 345 g/mol. The average Bonchev–Trinajstić information content (AvgIpc) is 2.99. The van der Waals surface area contributed by atoms with Crippen molar-refractivity contribution in [1.82, 2.24) is 4.90 Å². The SMILES string of the molecule is O=C(CC1COC2c3cccc(Cl)c3CCN12)c1ccc(Cl)cc1. The number of carbonyl (C=O) groups is 1. The van der Waals surface area contributed by atoms with Crippen LogP contribution in [0, 0.1) is 0 Å². The van der Waals surface area contributed by atoms with Gasteiger partial charge in [-0.15, -0.1) is 0 Å². The molecule has 3 nitrogen and oxygen atoms in total. The van der Waals surface area contributed by atoms with Gasteiger partial charge in [0, 0.05) is 40.2 Å². The first-order valence-corrected chi connectivity index (χ1v) is 8.82. The molecule has 4 rings (SSSR count). The zero-order valence-electron chi connectivity index (χ0n) is 13.0. The molecule has 2 aromatic carbocycles. The Morgan fingerprint density at radius 3 is 2.75 bits per heavy atom. The maximum atomic E-state index is 12.5. The second kappa shape index (κ2) is 6.49. The molecule has 2 unspecified atom stereocenters. The summed E-state index contributed by atoms with van der Waals surface area (Å²) in [5, 5.41) is 1.44. The van der Waals surface area contributed by atoms with Gasteiger partial charge in [-0.2, -0.15) is 0 Å². The van der Waals surface area contributed by atoms with Crippen LogP contribution in [-0.4, -0.2) is 29.9 Å². The van der Waals surface area contributed by atoms with Crippen LogP contribution in [0.5, 0.6) is 0 Å². The van der Waals surface area contributed by atoms with E-state index in [-0.39, 0.29) is 18.1 Å². The Kier molecular flexibility index (Phi) is 4.35. The lowest BCUT2D eigenvalue weighted by Gasteiger charge is -2.33. The van der Waals surface area contributed by atoms with E-state index in [1.807, 2.05) is 12.1 Å². The topological polar surface area (TPSA) is 29.5 Å². The normalized spacial score (nSPS) is 22.9. The van der Waals surface area contributed by atoms with Crippen LogP contribution >= 0.6 is 23.2 Å². The van der Waals surface area contributed by atoms with Crippen LogP contribution in [0.1, 0.15) is 34.1 Å². The van der Waals surface area contributed by atoms with Gasteiger partial charge >= 0.3 is 0 Å². The summed E-state index contributed by atoms with van der Waals surface area (Å²) in [7, 11) is 0. The lowest BCUT2D eigenvalue weighted by Crippen LogP contribution is -2.39. The fourth-order valence-corrected chi connectivity index (χ4v) is 4.01. The smallest absolute Gasteiger partial charge is 0.164 e. The van der Waals surface area contributed by atoms with E-state index in [1.165, 1.54) is 5.56 Å². The highest BCUT2D eigenvalue weighted by molar-refractivity contribution is 6.31. The molecule has 0 N–H and O–H groups in total. The van der Waals surface area contributed by atoms with Crippen molar-refractivity contribution >= 4 is 29.0 Å². The minimum atomic E-state index is -0.0875. The molecule has 2 atom stereocenters. The summed E-state index contributed by atoms with van der Waals surface area (Å²) in [6, 6.07) is 13.1. The number of ether oxygens (including phenoxy) is 1. The molecule has 124 valence electrons. The lowest BCUT2D eigenvalue weighted by molar-refractivity contribution is 0.0216. The summed E-state index contributed by atoms with van der Waals surface area (Å²) in [5.74, 6) is 0.123. The summed E-state index contributed by atoms with van der Waals surface area (Å²) in [6.45, 7) is 1.43. The summed E-state index contributed by atoms with van der Waals surface area (Å²) in [6.07, 6.45) is 1.25. The summed E-state index contributed by atoms with van der Waals surface area (Å²) >= 11 is 12.2. The van der Waals surface area contributed by atoms with E-state index in [2.05, 4.69) is 11.0 Å². The van der Waals surface area contributed by atoms with E-state index in [0.717, 1.165) is 23.6 Å². The number of hydrogen-bond donors (Lipinski definition) is 0. The quantitative estimate of drug-likeness (QED) is 0.752. The van der Waals surface area contributed by atoms with Crippen molar-refractivity contribution in [3.63, 3.8) is 0 Å². The minimum Gasteiger partial charge on any atom is -0.357 e. The fraction of sp³-hybridized carbons (Fsp3) is 0.316. The molecule has 0 amide bonds. The van der Waals surface area contributed by atoms with Crippen LogP contribution in [0.15, 0.2) is 42.5 Å². The second-order valence-corrected chi connectivity index (χ2v) is 7.11. The Balaban J connectivity index is 1.51. The number of ketones is 1. The van der Waals surface area contributed by atoms with Gasteiger partial charge < -0.3 is 4.74 Å². The van der Waals surface area contributed by atoms with Crippen molar-refractivity contribution in [1.29, 1.82) is 0 Å². The number of Topliss-reactive ketones (excluding diaryl/α,β-unsaturated/α-hetero) is 1. The molecule has 0 spiro atoms. The Labute approximate surface area is 151 Å². The number of hydrogen-bond acceptors (Lipinski definition) is 3. The van der Waals surface area contributed by atoms with E-state index in [1.54, 1.807) is 24.3 Å². The maximum absolute atomic E-state index is 12.5. The maximum Gasteiger partial charge on any atom is 0.164 e. The highest BCUT2D eigenvalue weighted by atomic mass is 35.5. The number of nitrogens with zero attached hydrogens (tertiary/aromatic N) is 1. The first-order chi connectivity index (χ1) is 11.6.